The van der Waals surface area contributed by atoms with Crippen LogP contribution in [-0.2, 0) is 41.8 Å². The summed E-state index contributed by atoms with van der Waals surface area (Å²) in [6.07, 6.45) is 42.3. The van der Waals surface area contributed by atoms with Crippen LogP contribution < -0.4 is 0 Å². The van der Waals surface area contributed by atoms with Crippen LogP contribution in [0.4, 0.5) is 0 Å². The van der Waals surface area contributed by atoms with Gasteiger partial charge in [0, 0.05) is 12.8 Å². The van der Waals surface area contributed by atoms with Gasteiger partial charge in [0.25, 0.3) is 0 Å². The smallest absolute Gasteiger partial charge is 0.462 e. The highest BCUT2D eigenvalue weighted by Crippen LogP contribution is 2.43. The molecular weight excluding hydrogens is 838 g/mol. The minimum atomic E-state index is -4.88. The maximum atomic E-state index is 12.7. The summed E-state index contributed by atoms with van der Waals surface area (Å²) in [5.74, 6) is -1.15. The van der Waals surface area contributed by atoms with Gasteiger partial charge in [0.2, 0.25) is 0 Å². The first-order chi connectivity index (χ1) is 29.8. The third-order valence-electron chi connectivity index (χ3n) is 9.19. The number of carbonyl (C=O) groups excluding carboxylic acids is 2. The SMILES string of the molecule is CC/C=C\CC(O)/C=C/C=C/C/C=C\C/C=C\C/C=C\CCC(=O)OC[C@H](COP(=O)(O)OC[C@@H](O)COP(=O)(O)O)OC(=O)CCCCCCCCCCCCCCCCC. The minimum absolute atomic E-state index is 0.0529. The number of hydrogen-bond acceptors (Lipinski definition) is 11. The van der Waals surface area contributed by atoms with Gasteiger partial charge in [0.05, 0.1) is 25.9 Å². The van der Waals surface area contributed by atoms with Crippen LogP contribution in [0.2, 0.25) is 0 Å². The zero-order chi connectivity index (χ0) is 46.0. The van der Waals surface area contributed by atoms with Crippen LogP contribution in [0.15, 0.2) is 72.9 Å². The van der Waals surface area contributed by atoms with Gasteiger partial charge >= 0.3 is 27.6 Å². The van der Waals surface area contributed by atoms with Crippen molar-refractivity contribution < 1.29 is 66.7 Å². The van der Waals surface area contributed by atoms with Crippen molar-refractivity contribution in [1.82, 2.24) is 0 Å². The molecule has 16 heteroatoms. The van der Waals surface area contributed by atoms with Gasteiger partial charge in [-0.2, -0.15) is 0 Å². The average Bonchev–Trinajstić information content (AvgIpc) is 3.23. The predicted octanol–water partition coefficient (Wildman–Crippen LogP) is 10.8. The lowest BCUT2D eigenvalue weighted by Gasteiger charge is -2.20. The van der Waals surface area contributed by atoms with E-state index >= 15 is 0 Å². The first kappa shape index (κ1) is 59.5. The Labute approximate surface area is 372 Å². The summed E-state index contributed by atoms with van der Waals surface area (Å²) in [6.45, 7) is 1.47. The molecule has 4 atom stereocenters. The predicted molar refractivity (Wildman–Crippen MR) is 245 cm³/mol. The van der Waals surface area contributed by atoms with Crippen LogP contribution in [0, 0.1) is 0 Å². The Morgan fingerprint density at radius 1 is 0.548 bits per heavy atom. The van der Waals surface area contributed by atoms with Crippen LogP contribution in [0.1, 0.15) is 162 Å². The molecule has 14 nitrogen and oxygen atoms in total. The second-order valence-corrected chi connectivity index (χ2v) is 17.8. The van der Waals surface area contributed by atoms with E-state index in [0.717, 1.165) is 44.9 Å². The van der Waals surface area contributed by atoms with Crippen molar-refractivity contribution in [3.8, 4) is 0 Å². The fourth-order valence-electron chi connectivity index (χ4n) is 5.75. The lowest BCUT2D eigenvalue weighted by molar-refractivity contribution is -0.161. The van der Waals surface area contributed by atoms with Crippen LogP contribution >= 0.6 is 15.6 Å². The zero-order valence-electron chi connectivity index (χ0n) is 37.6. The number of hydrogen-bond donors (Lipinski definition) is 5. The summed E-state index contributed by atoms with van der Waals surface area (Å²) in [5, 5.41) is 19.6. The standard InChI is InChI=1S/C46H80O14P2/c1-3-5-7-8-9-10-11-12-13-16-20-23-26-29-33-37-46(50)60-44(41-59-62(54,55)58-39-43(48)38-57-61(51,52)53)40-56-45(49)36-32-28-25-22-19-17-14-15-18-21-24-27-31-35-42(47)34-30-6-4-2/h6,15,17-19,24-25,27-28,30-31,35,42-44,47-48H,3-5,7-14,16,20-23,26,29,32-34,36-41H2,1-2H3,(H,54,55)(H2,51,52,53)/b18-15-,19-17-,27-24+,28-25-,30-6-,35-31+/t42?,43-,44+/m0/s1. The van der Waals surface area contributed by atoms with Crippen LogP contribution in [0.3, 0.4) is 0 Å². The maximum Gasteiger partial charge on any atom is 0.472 e. The Balaban J connectivity index is 4.64. The Hall–Kier alpha value is -2.48. The topological polar surface area (TPSA) is 216 Å². The number of phosphoric acid groups is 2. The lowest BCUT2D eigenvalue weighted by Crippen LogP contribution is -2.29. The number of rotatable bonds is 42. The molecule has 0 aromatic heterocycles. The van der Waals surface area contributed by atoms with Crippen molar-refractivity contribution in [2.75, 3.05) is 26.4 Å². The van der Waals surface area contributed by atoms with E-state index in [-0.39, 0.29) is 12.8 Å². The van der Waals surface area contributed by atoms with E-state index < -0.39 is 72.3 Å². The number of aliphatic hydroxyl groups is 2. The second-order valence-electron chi connectivity index (χ2n) is 15.2. The summed E-state index contributed by atoms with van der Waals surface area (Å²) >= 11 is 0. The van der Waals surface area contributed by atoms with Crippen molar-refractivity contribution in [1.29, 1.82) is 0 Å². The Kier molecular flexibility index (Phi) is 39.6. The lowest BCUT2D eigenvalue weighted by atomic mass is 10.0. The van der Waals surface area contributed by atoms with Gasteiger partial charge in [0.15, 0.2) is 6.10 Å². The van der Waals surface area contributed by atoms with Crippen LogP contribution in [0.25, 0.3) is 0 Å². The van der Waals surface area contributed by atoms with E-state index in [1.807, 2.05) is 54.7 Å². The number of carbonyl (C=O) groups is 2. The molecule has 358 valence electrons. The van der Waals surface area contributed by atoms with Gasteiger partial charge in [-0.1, -0.05) is 177 Å². The summed E-state index contributed by atoms with van der Waals surface area (Å²) in [4.78, 5) is 52.7. The maximum absolute atomic E-state index is 12.7. The molecule has 0 saturated carbocycles. The first-order valence-corrected chi connectivity index (χ1v) is 25.8. The molecule has 5 N–H and O–H groups in total. The van der Waals surface area contributed by atoms with Gasteiger partial charge in [-0.3, -0.25) is 23.2 Å². The normalized spacial score (nSPS) is 15.1. The molecule has 0 aliphatic carbocycles. The van der Waals surface area contributed by atoms with E-state index in [9.17, 15) is 33.8 Å². The van der Waals surface area contributed by atoms with Crippen molar-refractivity contribution in [2.45, 2.75) is 180 Å². The van der Waals surface area contributed by atoms with Crippen molar-refractivity contribution >= 4 is 27.6 Å². The van der Waals surface area contributed by atoms with Gasteiger partial charge in [-0.15, -0.1) is 0 Å². The third-order valence-corrected chi connectivity index (χ3v) is 10.6. The van der Waals surface area contributed by atoms with Gasteiger partial charge in [-0.25, -0.2) is 9.13 Å². The highest BCUT2D eigenvalue weighted by molar-refractivity contribution is 7.47. The Bertz CT molecular complexity index is 1390. The van der Waals surface area contributed by atoms with Gasteiger partial charge in [-0.05, 0) is 44.9 Å². The van der Waals surface area contributed by atoms with Crippen LogP contribution in [0.5, 0.6) is 0 Å². The molecular formula is C46H80O14P2. The fraction of sp³-hybridized carbons (Fsp3) is 0.696. The highest BCUT2D eigenvalue weighted by Gasteiger charge is 2.28. The molecule has 0 amide bonds. The van der Waals surface area contributed by atoms with E-state index in [1.165, 1.54) is 64.2 Å². The molecule has 0 rings (SSSR count). The van der Waals surface area contributed by atoms with Crippen molar-refractivity contribution in [3.05, 3.63) is 72.9 Å². The number of unbranched alkanes of at least 4 members (excludes halogenated alkanes) is 14. The Morgan fingerprint density at radius 2 is 1.06 bits per heavy atom. The van der Waals surface area contributed by atoms with Crippen molar-refractivity contribution in [2.24, 2.45) is 0 Å². The molecule has 0 aliphatic heterocycles. The molecule has 62 heavy (non-hydrogen) atoms. The molecule has 0 aromatic carbocycles. The summed E-state index contributed by atoms with van der Waals surface area (Å²) in [6, 6.07) is 0. The average molecular weight is 919 g/mol. The Morgan fingerprint density at radius 3 is 1.63 bits per heavy atom. The van der Waals surface area contributed by atoms with E-state index in [2.05, 4.69) is 35.0 Å². The van der Waals surface area contributed by atoms with Gasteiger partial charge < -0.3 is 34.4 Å². The molecule has 0 aromatic rings. The van der Waals surface area contributed by atoms with E-state index in [1.54, 1.807) is 6.08 Å². The number of allylic oxidation sites excluding steroid dienone is 10. The number of aliphatic hydroxyl groups excluding tert-OH is 2. The second kappa shape index (κ2) is 41.2. The number of phosphoric ester groups is 2. The number of ether oxygens (including phenoxy) is 2. The molecule has 0 spiro atoms. The molecule has 0 bridgehead atoms. The first-order valence-electron chi connectivity index (χ1n) is 22.7. The molecule has 0 saturated heterocycles. The molecule has 0 radical (unpaired) electrons. The third kappa shape index (κ3) is 44.1. The minimum Gasteiger partial charge on any atom is -0.462 e. The van der Waals surface area contributed by atoms with Crippen molar-refractivity contribution in [3.63, 3.8) is 0 Å². The molecule has 0 heterocycles. The molecule has 0 fully saturated rings. The quantitative estimate of drug-likeness (QED) is 0.0127. The summed E-state index contributed by atoms with van der Waals surface area (Å²) < 4.78 is 47.7. The number of esters is 2. The largest absolute Gasteiger partial charge is 0.472 e. The van der Waals surface area contributed by atoms with Gasteiger partial charge in [0.1, 0.15) is 12.7 Å². The molecule has 0 aliphatic rings. The zero-order valence-corrected chi connectivity index (χ0v) is 39.3. The monoisotopic (exact) mass is 919 g/mol. The molecule has 2 unspecified atom stereocenters. The highest BCUT2D eigenvalue weighted by atomic mass is 31.2. The summed E-state index contributed by atoms with van der Waals surface area (Å²) in [5.41, 5.74) is 0. The summed E-state index contributed by atoms with van der Waals surface area (Å²) in [7, 11) is -9.71. The fourth-order valence-corrected chi connectivity index (χ4v) is 6.91. The van der Waals surface area contributed by atoms with E-state index in [4.69, 9.17) is 23.8 Å². The van der Waals surface area contributed by atoms with E-state index in [0.29, 0.717) is 25.7 Å². The van der Waals surface area contributed by atoms with Crippen LogP contribution in [-0.4, -0.2) is 81.6 Å².